The molecule has 4 heterocycles. The van der Waals surface area contributed by atoms with Crippen LogP contribution in [0.4, 0.5) is 17.3 Å². The second-order valence-corrected chi connectivity index (χ2v) is 7.70. The lowest BCUT2D eigenvalue weighted by molar-refractivity contribution is -0.114. The number of aromatic nitrogens is 5. The molecule has 1 spiro atoms. The first-order valence-corrected chi connectivity index (χ1v) is 9.35. The van der Waals surface area contributed by atoms with Crippen LogP contribution in [-0.2, 0) is 17.3 Å². The Morgan fingerprint density at radius 2 is 2.07 bits per heavy atom. The summed E-state index contributed by atoms with van der Waals surface area (Å²) >= 11 is 0. The Bertz CT molecular complexity index is 1100. The molecular weight excluding hydrogens is 354 g/mol. The third kappa shape index (κ3) is 2.72. The first-order valence-electron chi connectivity index (χ1n) is 9.35. The number of nitrogens with zero attached hydrogens (tertiary/aromatic N) is 6. The summed E-state index contributed by atoms with van der Waals surface area (Å²) in [6.07, 6.45) is 6.08. The van der Waals surface area contributed by atoms with Gasteiger partial charge in [0.15, 0.2) is 5.82 Å². The average Bonchev–Trinajstić information content (AvgIpc) is 3.17. The second-order valence-electron chi connectivity index (χ2n) is 7.70. The van der Waals surface area contributed by atoms with E-state index in [9.17, 15) is 4.79 Å². The lowest BCUT2D eigenvalue weighted by Crippen LogP contribution is -2.20. The van der Waals surface area contributed by atoms with Crippen LogP contribution in [0.5, 0.6) is 0 Å². The molecule has 3 aromatic heterocycles. The van der Waals surface area contributed by atoms with Crippen molar-refractivity contribution in [1.82, 2.24) is 24.7 Å². The number of fused-ring (bicyclic) bond motifs is 2. The fourth-order valence-corrected chi connectivity index (χ4v) is 3.92. The van der Waals surface area contributed by atoms with Crippen LogP contribution < -0.4 is 10.2 Å². The highest BCUT2D eigenvalue weighted by atomic mass is 16.1. The Morgan fingerprint density at radius 1 is 1.25 bits per heavy atom. The van der Waals surface area contributed by atoms with Gasteiger partial charge in [0.2, 0.25) is 5.91 Å². The molecular formula is C20H21N7O. The summed E-state index contributed by atoms with van der Waals surface area (Å²) < 4.78 is 1.75. The highest BCUT2D eigenvalue weighted by molar-refractivity contribution is 5.89. The first kappa shape index (κ1) is 16.9. The molecule has 0 unspecified atom stereocenters. The van der Waals surface area contributed by atoms with Gasteiger partial charge in [0.05, 0.1) is 5.69 Å². The van der Waals surface area contributed by atoms with E-state index in [1.54, 1.807) is 4.68 Å². The average molecular weight is 375 g/mol. The zero-order valence-electron chi connectivity index (χ0n) is 16.1. The fourth-order valence-electron chi connectivity index (χ4n) is 3.92. The maximum Gasteiger partial charge on any atom is 0.222 e. The molecule has 0 atom stereocenters. The van der Waals surface area contributed by atoms with Crippen molar-refractivity contribution < 1.29 is 4.79 Å². The molecule has 0 aromatic carbocycles. The number of carbonyl (C=O) groups excluding carboxylic acids is 1. The number of hydrogen-bond donors (Lipinski definition) is 1. The van der Waals surface area contributed by atoms with Gasteiger partial charge in [-0.05, 0) is 25.8 Å². The highest BCUT2D eigenvalue weighted by Crippen LogP contribution is 2.58. The molecule has 1 aliphatic carbocycles. The van der Waals surface area contributed by atoms with Crippen LogP contribution in [0, 0.1) is 6.92 Å². The van der Waals surface area contributed by atoms with Gasteiger partial charge in [-0.15, -0.1) is 0 Å². The summed E-state index contributed by atoms with van der Waals surface area (Å²) in [4.78, 5) is 27.5. The van der Waals surface area contributed by atoms with Crippen LogP contribution in [0.15, 0.2) is 30.6 Å². The van der Waals surface area contributed by atoms with Crippen LogP contribution >= 0.6 is 0 Å². The lowest BCUT2D eigenvalue weighted by Gasteiger charge is -2.20. The Labute approximate surface area is 162 Å². The summed E-state index contributed by atoms with van der Waals surface area (Å²) in [5, 5.41) is 7.22. The largest absolute Gasteiger partial charge is 0.325 e. The summed E-state index contributed by atoms with van der Waals surface area (Å²) in [6.45, 7) is 4.32. The van der Waals surface area contributed by atoms with Crippen molar-refractivity contribution in [3.63, 3.8) is 0 Å². The number of carbonyl (C=O) groups is 1. The zero-order chi connectivity index (χ0) is 19.5. The van der Waals surface area contributed by atoms with Gasteiger partial charge in [-0.2, -0.15) is 5.10 Å². The minimum Gasteiger partial charge on any atom is -0.325 e. The minimum absolute atomic E-state index is 0.131. The SMILES string of the molecule is CC(=O)Nc1cc2c(cn1)C1(CC1)CN2c1cc(C)nc(-c2ccn(C)n2)n1. The Kier molecular flexibility index (Phi) is 3.52. The van der Waals surface area contributed by atoms with E-state index in [0.29, 0.717) is 11.6 Å². The van der Waals surface area contributed by atoms with Gasteiger partial charge >= 0.3 is 0 Å². The number of hydrogen-bond acceptors (Lipinski definition) is 6. The van der Waals surface area contributed by atoms with E-state index in [2.05, 4.69) is 25.3 Å². The Hall–Kier alpha value is -3.29. The van der Waals surface area contributed by atoms with Gasteiger partial charge in [0, 0.05) is 61.7 Å². The summed E-state index contributed by atoms with van der Waals surface area (Å²) in [7, 11) is 1.88. The van der Waals surface area contributed by atoms with E-state index in [-0.39, 0.29) is 11.3 Å². The van der Waals surface area contributed by atoms with E-state index in [4.69, 9.17) is 4.98 Å². The maximum atomic E-state index is 11.5. The van der Waals surface area contributed by atoms with Gasteiger partial charge in [-0.1, -0.05) is 0 Å². The van der Waals surface area contributed by atoms with E-state index in [1.807, 2.05) is 44.6 Å². The van der Waals surface area contributed by atoms with E-state index >= 15 is 0 Å². The molecule has 1 amide bonds. The van der Waals surface area contributed by atoms with Crippen molar-refractivity contribution in [2.45, 2.75) is 32.1 Å². The molecule has 28 heavy (non-hydrogen) atoms. The van der Waals surface area contributed by atoms with Crippen molar-refractivity contribution in [2.75, 3.05) is 16.8 Å². The van der Waals surface area contributed by atoms with Crippen LogP contribution in [-0.4, -0.2) is 37.2 Å². The van der Waals surface area contributed by atoms with E-state index < -0.39 is 0 Å². The van der Waals surface area contributed by atoms with Crippen molar-refractivity contribution in [1.29, 1.82) is 0 Å². The molecule has 0 saturated heterocycles. The number of pyridine rings is 1. The van der Waals surface area contributed by atoms with Crippen molar-refractivity contribution in [3.05, 3.63) is 41.9 Å². The molecule has 5 rings (SSSR count). The topological polar surface area (TPSA) is 88.8 Å². The third-order valence-electron chi connectivity index (χ3n) is 5.42. The van der Waals surface area contributed by atoms with Crippen molar-refractivity contribution in [3.8, 4) is 11.5 Å². The Balaban J connectivity index is 1.59. The molecule has 8 heteroatoms. The number of aryl methyl sites for hydroxylation is 2. The summed E-state index contributed by atoms with van der Waals surface area (Å²) in [5.41, 5.74) is 4.08. The van der Waals surface area contributed by atoms with Crippen LogP contribution in [0.2, 0.25) is 0 Å². The molecule has 142 valence electrons. The predicted molar refractivity (Wildman–Crippen MR) is 105 cm³/mol. The number of amides is 1. The van der Waals surface area contributed by atoms with Gasteiger partial charge in [-0.3, -0.25) is 9.48 Å². The molecule has 8 nitrogen and oxygen atoms in total. The van der Waals surface area contributed by atoms with Gasteiger partial charge < -0.3 is 10.2 Å². The lowest BCUT2D eigenvalue weighted by atomic mass is 10.0. The zero-order valence-corrected chi connectivity index (χ0v) is 16.1. The van der Waals surface area contributed by atoms with E-state index in [1.165, 1.54) is 12.5 Å². The molecule has 0 radical (unpaired) electrons. The monoisotopic (exact) mass is 375 g/mol. The fraction of sp³-hybridized carbons (Fsp3) is 0.350. The van der Waals surface area contributed by atoms with Gasteiger partial charge in [0.25, 0.3) is 0 Å². The Morgan fingerprint density at radius 3 is 2.75 bits per heavy atom. The van der Waals surface area contributed by atoms with Gasteiger partial charge in [0.1, 0.15) is 17.3 Å². The normalized spacial score (nSPS) is 16.3. The number of anilines is 3. The van der Waals surface area contributed by atoms with Crippen molar-refractivity contribution >= 4 is 23.2 Å². The molecule has 2 aliphatic rings. The minimum atomic E-state index is -0.131. The van der Waals surface area contributed by atoms with E-state index in [0.717, 1.165) is 42.3 Å². The molecule has 1 N–H and O–H groups in total. The molecule has 1 fully saturated rings. The molecule has 0 bridgehead atoms. The number of rotatable bonds is 3. The van der Waals surface area contributed by atoms with Crippen LogP contribution in [0.3, 0.4) is 0 Å². The second kappa shape index (κ2) is 5.85. The summed E-state index contributed by atoms with van der Waals surface area (Å²) in [5.74, 6) is 1.89. The molecule has 3 aromatic rings. The summed E-state index contributed by atoms with van der Waals surface area (Å²) in [6, 6.07) is 5.86. The molecule has 1 aliphatic heterocycles. The van der Waals surface area contributed by atoms with Crippen LogP contribution in [0.25, 0.3) is 11.5 Å². The van der Waals surface area contributed by atoms with Crippen molar-refractivity contribution in [2.24, 2.45) is 7.05 Å². The highest BCUT2D eigenvalue weighted by Gasteiger charge is 2.52. The standard InChI is InChI=1S/C20H21N7O/c1-12-8-18(24-19(22-12)15-4-7-26(3)25-15)27-11-20(5-6-20)14-10-21-17(9-16(14)27)23-13(2)28/h4,7-10H,5-6,11H2,1-3H3,(H,21,23,28). The first-order chi connectivity index (χ1) is 13.4. The maximum absolute atomic E-state index is 11.5. The van der Waals surface area contributed by atoms with Crippen LogP contribution in [0.1, 0.15) is 31.0 Å². The molecule has 1 saturated carbocycles. The quantitative estimate of drug-likeness (QED) is 0.757. The number of nitrogens with one attached hydrogen (secondary N) is 1. The predicted octanol–water partition coefficient (Wildman–Crippen LogP) is 2.72. The smallest absolute Gasteiger partial charge is 0.222 e. The van der Waals surface area contributed by atoms with Gasteiger partial charge in [-0.25, -0.2) is 15.0 Å². The third-order valence-corrected chi connectivity index (χ3v) is 5.42.